The average molecular weight is 269 g/mol. The lowest BCUT2D eigenvalue weighted by atomic mass is 9.90. The maximum atomic E-state index is 3.68. The van der Waals surface area contributed by atoms with Crippen LogP contribution in [0.1, 0.15) is 52.4 Å². The van der Waals surface area contributed by atoms with Gasteiger partial charge in [0.25, 0.3) is 0 Å². The number of hydrogen-bond donors (Lipinski definition) is 1. The number of nitrogens with zero attached hydrogens (tertiary/aromatic N) is 2. The van der Waals surface area contributed by atoms with E-state index >= 15 is 0 Å². The lowest BCUT2D eigenvalue weighted by Crippen LogP contribution is -2.43. The molecule has 0 unspecified atom stereocenters. The van der Waals surface area contributed by atoms with E-state index in [9.17, 15) is 0 Å². The van der Waals surface area contributed by atoms with Gasteiger partial charge in [0.2, 0.25) is 0 Å². The quantitative estimate of drug-likeness (QED) is 0.694. The standard InChI is InChI=1S/C16H35N3/c1-5-12-17-15-8-10-16(11-9-15)19(6-2)14-7-13-18(3)4/h15-17H,5-14H2,1-4H3. The first-order valence-electron chi connectivity index (χ1n) is 8.29. The van der Waals surface area contributed by atoms with Gasteiger partial charge in [-0.15, -0.1) is 0 Å². The molecule has 0 aromatic carbocycles. The first-order valence-corrected chi connectivity index (χ1v) is 8.29. The van der Waals surface area contributed by atoms with E-state index in [1.165, 1.54) is 64.7 Å². The molecule has 1 aliphatic carbocycles. The molecule has 0 bridgehead atoms. The summed E-state index contributed by atoms with van der Waals surface area (Å²) in [5.74, 6) is 0. The SMILES string of the molecule is CCCNC1CCC(N(CC)CCCN(C)C)CC1. The van der Waals surface area contributed by atoms with E-state index < -0.39 is 0 Å². The molecule has 1 saturated carbocycles. The zero-order valence-electron chi connectivity index (χ0n) is 13.6. The van der Waals surface area contributed by atoms with E-state index in [0.29, 0.717) is 0 Å². The van der Waals surface area contributed by atoms with Crippen molar-refractivity contribution in [1.29, 1.82) is 0 Å². The predicted molar refractivity (Wildman–Crippen MR) is 84.8 cm³/mol. The summed E-state index contributed by atoms with van der Waals surface area (Å²) in [4.78, 5) is 5.00. The first-order chi connectivity index (χ1) is 9.17. The number of hydrogen-bond acceptors (Lipinski definition) is 3. The van der Waals surface area contributed by atoms with Crippen LogP contribution in [0.4, 0.5) is 0 Å². The van der Waals surface area contributed by atoms with E-state index in [-0.39, 0.29) is 0 Å². The number of nitrogens with one attached hydrogen (secondary N) is 1. The Morgan fingerprint density at radius 3 is 2.21 bits per heavy atom. The summed E-state index contributed by atoms with van der Waals surface area (Å²) in [5.41, 5.74) is 0. The van der Waals surface area contributed by atoms with Gasteiger partial charge in [0, 0.05) is 12.1 Å². The summed E-state index contributed by atoms with van der Waals surface area (Å²) in [6.45, 7) is 9.45. The minimum absolute atomic E-state index is 0.789. The molecule has 1 N–H and O–H groups in total. The van der Waals surface area contributed by atoms with Crippen LogP contribution in [0.25, 0.3) is 0 Å². The molecule has 0 saturated heterocycles. The molecule has 19 heavy (non-hydrogen) atoms. The highest BCUT2D eigenvalue weighted by Crippen LogP contribution is 2.23. The van der Waals surface area contributed by atoms with Crippen molar-refractivity contribution in [3.8, 4) is 0 Å². The maximum absolute atomic E-state index is 3.68. The predicted octanol–water partition coefficient (Wildman–Crippen LogP) is 2.57. The second kappa shape index (κ2) is 9.73. The fraction of sp³-hybridized carbons (Fsp3) is 1.00. The van der Waals surface area contributed by atoms with Crippen LogP contribution in [0.5, 0.6) is 0 Å². The molecule has 0 aromatic heterocycles. The van der Waals surface area contributed by atoms with Gasteiger partial charge < -0.3 is 15.1 Å². The van der Waals surface area contributed by atoms with E-state index in [2.05, 4.69) is 43.1 Å². The molecule has 1 rings (SSSR count). The lowest BCUT2D eigenvalue weighted by Gasteiger charge is -2.37. The van der Waals surface area contributed by atoms with Gasteiger partial charge in [-0.05, 0) is 78.8 Å². The normalized spacial score (nSPS) is 24.3. The fourth-order valence-electron chi connectivity index (χ4n) is 3.18. The lowest BCUT2D eigenvalue weighted by molar-refractivity contribution is 0.145. The highest BCUT2D eigenvalue weighted by Gasteiger charge is 2.24. The third-order valence-electron chi connectivity index (χ3n) is 4.35. The van der Waals surface area contributed by atoms with E-state index in [4.69, 9.17) is 0 Å². The van der Waals surface area contributed by atoms with Crippen LogP contribution < -0.4 is 5.32 Å². The molecular weight excluding hydrogens is 234 g/mol. The van der Waals surface area contributed by atoms with Crippen molar-refractivity contribution in [2.24, 2.45) is 0 Å². The maximum Gasteiger partial charge on any atom is 0.00963 e. The van der Waals surface area contributed by atoms with Crippen molar-refractivity contribution in [3.05, 3.63) is 0 Å². The number of rotatable bonds is 9. The largest absolute Gasteiger partial charge is 0.314 e. The van der Waals surface area contributed by atoms with Crippen molar-refractivity contribution in [2.45, 2.75) is 64.5 Å². The van der Waals surface area contributed by atoms with Gasteiger partial charge in [-0.2, -0.15) is 0 Å². The Kier molecular flexibility index (Phi) is 8.67. The molecule has 0 aromatic rings. The third kappa shape index (κ3) is 6.73. The molecule has 3 nitrogen and oxygen atoms in total. The monoisotopic (exact) mass is 269 g/mol. The van der Waals surface area contributed by atoms with Gasteiger partial charge in [0.1, 0.15) is 0 Å². The second-order valence-electron chi connectivity index (χ2n) is 6.24. The van der Waals surface area contributed by atoms with Gasteiger partial charge in [-0.25, -0.2) is 0 Å². The van der Waals surface area contributed by atoms with Crippen LogP contribution in [-0.2, 0) is 0 Å². The molecule has 0 aliphatic heterocycles. The molecule has 1 aliphatic rings. The third-order valence-corrected chi connectivity index (χ3v) is 4.35. The topological polar surface area (TPSA) is 18.5 Å². The summed E-state index contributed by atoms with van der Waals surface area (Å²) < 4.78 is 0. The Labute approximate surface area is 120 Å². The Morgan fingerprint density at radius 2 is 1.68 bits per heavy atom. The smallest absolute Gasteiger partial charge is 0.00963 e. The molecular formula is C16H35N3. The van der Waals surface area contributed by atoms with Crippen LogP contribution >= 0.6 is 0 Å². The van der Waals surface area contributed by atoms with E-state index in [1.807, 2.05) is 0 Å². The van der Waals surface area contributed by atoms with Crippen molar-refractivity contribution in [1.82, 2.24) is 15.1 Å². The zero-order valence-corrected chi connectivity index (χ0v) is 13.6. The molecule has 0 spiro atoms. The average Bonchev–Trinajstić information content (AvgIpc) is 2.42. The Morgan fingerprint density at radius 1 is 1.00 bits per heavy atom. The van der Waals surface area contributed by atoms with Crippen LogP contribution in [0.15, 0.2) is 0 Å². The molecule has 0 amide bonds. The van der Waals surface area contributed by atoms with Gasteiger partial charge in [0.05, 0.1) is 0 Å². The summed E-state index contributed by atoms with van der Waals surface area (Å²) in [5, 5.41) is 3.68. The van der Waals surface area contributed by atoms with Gasteiger partial charge in [-0.1, -0.05) is 13.8 Å². The van der Waals surface area contributed by atoms with Crippen LogP contribution in [0, 0.1) is 0 Å². The Balaban J connectivity index is 2.23. The highest BCUT2D eigenvalue weighted by atomic mass is 15.2. The van der Waals surface area contributed by atoms with Crippen molar-refractivity contribution < 1.29 is 0 Å². The summed E-state index contributed by atoms with van der Waals surface area (Å²) in [6, 6.07) is 1.63. The van der Waals surface area contributed by atoms with Gasteiger partial charge >= 0.3 is 0 Å². The van der Waals surface area contributed by atoms with Gasteiger partial charge in [0.15, 0.2) is 0 Å². The highest BCUT2D eigenvalue weighted by molar-refractivity contribution is 4.82. The summed E-state index contributed by atoms with van der Waals surface area (Å²) in [7, 11) is 4.34. The van der Waals surface area contributed by atoms with Crippen LogP contribution in [0.2, 0.25) is 0 Å². The summed E-state index contributed by atoms with van der Waals surface area (Å²) in [6.07, 6.45) is 8.07. The molecule has 0 heterocycles. The van der Waals surface area contributed by atoms with Gasteiger partial charge in [-0.3, -0.25) is 0 Å². The minimum Gasteiger partial charge on any atom is -0.314 e. The molecule has 114 valence electrons. The summed E-state index contributed by atoms with van der Waals surface area (Å²) >= 11 is 0. The van der Waals surface area contributed by atoms with Crippen LogP contribution in [0.3, 0.4) is 0 Å². The minimum atomic E-state index is 0.789. The van der Waals surface area contributed by atoms with Crippen molar-refractivity contribution in [2.75, 3.05) is 40.3 Å². The van der Waals surface area contributed by atoms with E-state index in [1.54, 1.807) is 0 Å². The van der Waals surface area contributed by atoms with Crippen LogP contribution in [-0.4, -0.2) is 62.2 Å². The molecule has 0 atom stereocenters. The zero-order chi connectivity index (χ0) is 14.1. The molecule has 0 radical (unpaired) electrons. The molecule has 1 fully saturated rings. The Hall–Kier alpha value is -0.120. The fourth-order valence-corrected chi connectivity index (χ4v) is 3.18. The Bertz CT molecular complexity index is 210. The van der Waals surface area contributed by atoms with Crippen molar-refractivity contribution >= 4 is 0 Å². The van der Waals surface area contributed by atoms with Crippen molar-refractivity contribution in [3.63, 3.8) is 0 Å². The molecule has 3 heteroatoms. The first kappa shape index (κ1) is 16.9. The van der Waals surface area contributed by atoms with E-state index in [0.717, 1.165) is 12.1 Å². The second-order valence-corrected chi connectivity index (χ2v) is 6.24.